The molecule has 14 heavy (non-hydrogen) atoms. The summed E-state index contributed by atoms with van der Waals surface area (Å²) in [6.45, 7) is 4.31. The first-order valence-electron chi connectivity index (χ1n) is 4.61. The van der Waals surface area contributed by atoms with Crippen LogP contribution in [0.4, 0.5) is 0 Å². The van der Waals surface area contributed by atoms with Crippen LogP contribution >= 0.6 is 0 Å². The molecule has 0 atom stereocenters. The zero-order chi connectivity index (χ0) is 10.4. The molecule has 1 nitrogen and oxygen atoms in total. The fraction of sp³-hybridized carbons (Fsp3) is 0.231. The van der Waals surface area contributed by atoms with E-state index < -0.39 is 0 Å². The van der Waals surface area contributed by atoms with Gasteiger partial charge in [-0.25, -0.2) is 0 Å². The van der Waals surface area contributed by atoms with E-state index in [4.69, 9.17) is 11.2 Å². The van der Waals surface area contributed by atoms with Gasteiger partial charge in [0.15, 0.2) is 0 Å². The summed E-state index contributed by atoms with van der Waals surface area (Å²) in [6.07, 6.45) is 9.23. The highest BCUT2D eigenvalue weighted by molar-refractivity contribution is 5.37. The molecule has 0 unspecified atom stereocenters. The van der Waals surface area contributed by atoms with Crippen molar-refractivity contribution in [3.8, 4) is 18.1 Å². The molecular formula is C13H14O. The average molecular weight is 186 g/mol. The molecule has 0 aromatic heterocycles. The first-order chi connectivity index (χ1) is 6.83. The van der Waals surface area contributed by atoms with Crippen LogP contribution in [0.3, 0.4) is 0 Å². The van der Waals surface area contributed by atoms with Crippen molar-refractivity contribution in [3.63, 3.8) is 0 Å². The van der Waals surface area contributed by atoms with E-state index in [1.54, 1.807) is 0 Å². The lowest BCUT2D eigenvalue weighted by Gasteiger charge is -2.03. The summed E-state index contributed by atoms with van der Waals surface area (Å²) in [4.78, 5) is 0. The fourth-order valence-electron chi connectivity index (χ4n) is 1.37. The van der Waals surface area contributed by atoms with E-state index in [1.165, 1.54) is 5.22 Å². The van der Waals surface area contributed by atoms with Crippen molar-refractivity contribution in [1.82, 2.24) is 0 Å². The lowest BCUT2D eigenvalue weighted by atomic mass is 10.2. The molecule has 0 aliphatic heterocycles. The minimum Gasteiger partial charge on any atom is -0.480 e. The Morgan fingerprint density at radius 1 is 1.36 bits per heavy atom. The summed E-state index contributed by atoms with van der Waals surface area (Å²) in [5.74, 6) is 3.31. The molecule has 0 bridgehead atoms. The van der Waals surface area contributed by atoms with Gasteiger partial charge in [0.25, 0.3) is 0 Å². The van der Waals surface area contributed by atoms with Crippen LogP contribution in [0.2, 0.25) is 0 Å². The Morgan fingerprint density at radius 3 is 2.71 bits per heavy atom. The number of ether oxygens (including phenoxy) is 1. The van der Waals surface area contributed by atoms with Crippen LogP contribution in [-0.4, -0.2) is 6.61 Å². The standard InChI is InChI=1S/C13H14O/c1-4-10-14-13-9-7-8-11(5-2)12(13)6-3/h1,5-9H,10H2,2-3H3/b11-5-,12-6+. The summed E-state index contributed by atoms with van der Waals surface area (Å²) < 4.78 is 5.43. The van der Waals surface area contributed by atoms with Gasteiger partial charge in [0.2, 0.25) is 0 Å². The number of terminal acetylenes is 1. The van der Waals surface area contributed by atoms with Gasteiger partial charge in [0.1, 0.15) is 12.4 Å². The Labute approximate surface area is 84.7 Å². The normalized spacial score (nSPS) is 12.6. The molecule has 0 saturated carbocycles. The van der Waals surface area contributed by atoms with Crippen LogP contribution in [0.15, 0.2) is 18.2 Å². The van der Waals surface area contributed by atoms with Gasteiger partial charge in [-0.15, -0.1) is 6.42 Å². The maximum Gasteiger partial charge on any atom is 0.148 e. The summed E-state index contributed by atoms with van der Waals surface area (Å²) >= 11 is 0. The predicted octanol–water partition coefficient (Wildman–Crippen LogP) is 1.30. The van der Waals surface area contributed by atoms with Crippen molar-refractivity contribution in [2.75, 3.05) is 6.61 Å². The van der Waals surface area contributed by atoms with E-state index in [9.17, 15) is 0 Å². The molecule has 0 radical (unpaired) electrons. The molecule has 1 aromatic carbocycles. The quantitative estimate of drug-likeness (QED) is 0.633. The van der Waals surface area contributed by atoms with Gasteiger partial charge >= 0.3 is 0 Å². The van der Waals surface area contributed by atoms with Gasteiger partial charge in [-0.2, -0.15) is 0 Å². The Hall–Kier alpha value is -1.68. The second-order valence-electron chi connectivity index (χ2n) is 2.83. The van der Waals surface area contributed by atoms with E-state index in [0.29, 0.717) is 6.61 Å². The van der Waals surface area contributed by atoms with Gasteiger partial charge in [0, 0.05) is 5.22 Å². The monoisotopic (exact) mass is 186 g/mol. The van der Waals surface area contributed by atoms with E-state index in [1.807, 2.05) is 32.1 Å². The number of benzene rings is 1. The Kier molecular flexibility index (Phi) is 3.82. The highest BCUT2D eigenvalue weighted by Crippen LogP contribution is 1.98. The van der Waals surface area contributed by atoms with Crippen LogP contribution in [0.5, 0.6) is 5.75 Å². The average Bonchev–Trinajstić information content (AvgIpc) is 2.25. The molecule has 72 valence electrons. The highest BCUT2D eigenvalue weighted by atomic mass is 16.5. The first kappa shape index (κ1) is 10.4. The van der Waals surface area contributed by atoms with Crippen molar-refractivity contribution in [2.45, 2.75) is 13.8 Å². The molecule has 0 heterocycles. The summed E-state index contributed by atoms with van der Waals surface area (Å²) in [5.41, 5.74) is 0. The van der Waals surface area contributed by atoms with Crippen molar-refractivity contribution in [3.05, 3.63) is 28.6 Å². The Balaban J connectivity index is 3.26. The third kappa shape index (κ3) is 2.17. The third-order valence-corrected chi connectivity index (χ3v) is 2.01. The zero-order valence-corrected chi connectivity index (χ0v) is 8.58. The highest BCUT2D eigenvalue weighted by Gasteiger charge is 1.94. The maximum atomic E-state index is 5.43. The second-order valence-corrected chi connectivity index (χ2v) is 2.83. The third-order valence-electron chi connectivity index (χ3n) is 2.01. The van der Waals surface area contributed by atoms with Crippen LogP contribution in [0.1, 0.15) is 13.8 Å². The van der Waals surface area contributed by atoms with E-state index in [2.05, 4.69) is 18.1 Å². The molecule has 0 N–H and O–H groups in total. The fourth-order valence-corrected chi connectivity index (χ4v) is 1.37. The van der Waals surface area contributed by atoms with Crippen molar-refractivity contribution < 1.29 is 4.74 Å². The lowest BCUT2D eigenvalue weighted by Crippen LogP contribution is -2.25. The second kappa shape index (κ2) is 5.14. The minimum absolute atomic E-state index is 0.313. The Bertz CT molecular complexity index is 449. The molecule has 0 spiro atoms. The predicted molar refractivity (Wildman–Crippen MR) is 60.3 cm³/mol. The summed E-state index contributed by atoms with van der Waals surface area (Å²) in [5, 5.41) is 2.27. The van der Waals surface area contributed by atoms with Gasteiger partial charge in [-0.1, -0.05) is 30.2 Å². The van der Waals surface area contributed by atoms with Gasteiger partial charge in [0.05, 0.1) is 0 Å². The van der Waals surface area contributed by atoms with Crippen molar-refractivity contribution in [1.29, 1.82) is 0 Å². The molecule has 0 saturated heterocycles. The molecule has 1 heteroatoms. The lowest BCUT2D eigenvalue weighted by molar-refractivity contribution is 0.367. The van der Waals surface area contributed by atoms with E-state index >= 15 is 0 Å². The van der Waals surface area contributed by atoms with Gasteiger partial charge in [-0.3, -0.25) is 0 Å². The van der Waals surface area contributed by atoms with Gasteiger partial charge in [-0.05, 0) is 25.1 Å². The van der Waals surface area contributed by atoms with Gasteiger partial charge < -0.3 is 4.74 Å². The molecule has 1 rings (SSSR count). The molecule has 0 fully saturated rings. The van der Waals surface area contributed by atoms with Crippen LogP contribution < -0.4 is 15.2 Å². The van der Waals surface area contributed by atoms with Crippen LogP contribution in [-0.2, 0) is 0 Å². The summed E-state index contributed by atoms with van der Waals surface area (Å²) in [7, 11) is 0. The molecule has 0 aliphatic rings. The van der Waals surface area contributed by atoms with E-state index in [-0.39, 0.29) is 0 Å². The number of rotatable bonds is 2. The number of hydrogen-bond acceptors (Lipinski definition) is 1. The zero-order valence-electron chi connectivity index (χ0n) is 8.58. The van der Waals surface area contributed by atoms with Crippen LogP contribution in [0.25, 0.3) is 12.2 Å². The number of hydrogen-bond donors (Lipinski definition) is 0. The first-order valence-corrected chi connectivity index (χ1v) is 4.61. The Morgan fingerprint density at radius 2 is 2.14 bits per heavy atom. The molecular weight excluding hydrogens is 172 g/mol. The smallest absolute Gasteiger partial charge is 0.148 e. The SMILES string of the molecule is C#CCOc1cccc(=C/C)/c1=C\C. The van der Waals surface area contributed by atoms with E-state index in [0.717, 1.165) is 11.0 Å². The molecule has 1 aromatic rings. The minimum atomic E-state index is 0.313. The molecule has 0 aliphatic carbocycles. The molecule has 0 amide bonds. The summed E-state index contributed by atoms with van der Waals surface area (Å²) in [6, 6.07) is 5.95. The topological polar surface area (TPSA) is 9.23 Å². The largest absolute Gasteiger partial charge is 0.480 e. The van der Waals surface area contributed by atoms with Crippen molar-refractivity contribution >= 4 is 12.2 Å². The van der Waals surface area contributed by atoms with Crippen molar-refractivity contribution in [2.24, 2.45) is 0 Å². The maximum absolute atomic E-state index is 5.43. The van der Waals surface area contributed by atoms with Crippen LogP contribution in [0, 0.1) is 12.3 Å².